The molecular formula is C19H20FN5. The number of aromatic nitrogens is 3. The van der Waals surface area contributed by atoms with E-state index < -0.39 is 6.17 Å². The van der Waals surface area contributed by atoms with Crippen LogP contribution in [-0.2, 0) is 0 Å². The van der Waals surface area contributed by atoms with Gasteiger partial charge in [-0.25, -0.2) is 14.4 Å². The first-order valence-corrected chi connectivity index (χ1v) is 8.84. The van der Waals surface area contributed by atoms with Crippen molar-refractivity contribution in [1.82, 2.24) is 19.7 Å². The zero-order valence-electron chi connectivity index (χ0n) is 13.8. The Morgan fingerprint density at radius 1 is 1.16 bits per heavy atom. The van der Waals surface area contributed by atoms with Gasteiger partial charge in [-0.05, 0) is 42.5 Å². The molecule has 1 saturated heterocycles. The normalized spacial score (nSPS) is 23.2. The standard InChI is InChI=1S/C19H20FN5/c20-14-8-21-9-16(14)24-18-3-1-2-15(23-18)17-10-22-19-7-6-13(11-25(17)19)12-4-5-12/h1-3,6-7,10-12,14,16,21H,4-5,8-9H2,(H,23,24). The van der Waals surface area contributed by atoms with Crippen molar-refractivity contribution in [1.29, 1.82) is 0 Å². The maximum Gasteiger partial charge on any atom is 0.137 e. The number of imidazole rings is 1. The number of fused-ring (bicyclic) bond motifs is 1. The number of nitrogens with one attached hydrogen (secondary N) is 2. The number of nitrogens with zero attached hydrogens (tertiary/aromatic N) is 3. The summed E-state index contributed by atoms with van der Waals surface area (Å²) in [5.74, 6) is 1.39. The van der Waals surface area contributed by atoms with Gasteiger partial charge >= 0.3 is 0 Å². The molecule has 2 fully saturated rings. The zero-order valence-corrected chi connectivity index (χ0v) is 13.8. The van der Waals surface area contributed by atoms with E-state index in [-0.39, 0.29) is 6.04 Å². The average molecular weight is 337 g/mol. The molecule has 0 radical (unpaired) electrons. The van der Waals surface area contributed by atoms with E-state index in [1.54, 1.807) is 0 Å². The van der Waals surface area contributed by atoms with Crippen LogP contribution in [0, 0.1) is 0 Å². The zero-order chi connectivity index (χ0) is 16.8. The molecule has 0 amide bonds. The highest BCUT2D eigenvalue weighted by Crippen LogP contribution is 2.40. The van der Waals surface area contributed by atoms with Gasteiger partial charge < -0.3 is 10.6 Å². The highest BCUT2D eigenvalue weighted by atomic mass is 19.1. The first-order valence-electron chi connectivity index (χ1n) is 8.84. The Kier molecular flexibility index (Phi) is 3.45. The summed E-state index contributed by atoms with van der Waals surface area (Å²) < 4.78 is 15.9. The van der Waals surface area contributed by atoms with Crippen molar-refractivity contribution in [3.05, 3.63) is 48.3 Å². The molecule has 5 rings (SSSR count). The first-order chi connectivity index (χ1) is 12.3. The van der Waals surface area contributed by atoms with Crippen molar-refractivity contribution in [2.75, 3.05) is 18.4 Å². The molecule has 5 nitrogen and oxygen atoms in total. The molecule has 2 N–H and O–H groups in total. The van der Waals surface area contributed by atoms with E-state index in [1.165, 1.54) is 18.4 Å². The second kappa shape index (κ2) is 5.81. The lowest BCUT2D eigenvalue weighted by Crippen LogP contribution is -2.29. The van der Waals surface area contributed by atoms with E-state index in [4.69, 9.17) is 0 Å². The summed E-state index contributed by atoms with van der Waals surface area (Å²) in [4.78, 5) is 9.18. The summed E-state index contributed by atoms with van der Waals surface area (Å²) in [5.41, 5.74) is 4.08. The maximum atomic E-state index is 13.8. The highest BCUT2D eigenvalue weighted by Gasteiger charge is 2.27. The largest absolute Gasteiger partial charge is 0.363 e. The fraction of sp³-hybridized carbons (Fsp3) is 0.368. The van der Waals surface area contributed by atoms with Gasteiger partial charge in [0.1, 0.15) is 17.6 Å². The van der Waals surface area contributed by atoms with Crippen LogP contribution in [0.25, 0.3) is 17.0 Å². The Hall–Kier alpha value is -2.47. The van der Waals surface area contributed by atoms with Crippen LogP contribution < -0.4 is 10.6 Å². The molecule has 4 heterocycles. The van der Waals surface area contributed by atoms with Gasteiger partial charge in [-0.15, -0.1) is 0 Å². The van der Waals surface area contributed by atoms with E-state index >= 15 is 0 Å². The molecule has 6 heteroatoms. The van der Waals surface area contributed by atoms with Crippen LogP contribution in [0.1, 0.15) is 24.3 Å². The second-order valence-corrected chi connectivity index (χ2v) is 6.94. The van der Waals surface area contributed by atoms with Crippen LogP contribution in [0.4, 0.5) is 10.2 Å². The third kappa shape index (κ3) is 2.76. The number of alkyl halides is 1. The maximum absolute atomic E-state index is 13.8. The molecule has 2 unspecified atom stereocenters. The summed E-state index contributed by atoms with van der Waals surface area (Å²) in [6, 6.07) is 9.81. The summed E-state index contributed by atoms with van der Waals surface area (Å²) >= 11 is 0. The van der Waals surface area contributed by atoms with Crippen LogP contribution >= 0.6 is 0 Å². The summed E-state index contributed by atoms with van der Waals surface area (Å²) in [6.07, 6.45) is 5.69. The van der Waals surface area contributed by atoms with Gasteiger partial charge in [-0.1, -0.05) is 12.1 Å². The predicted molar refractivity (Wildman–Crippen MR) is 95.6 cm³/mol. The van der Waals surface area contributed by atoms with Crippen LogP contribution in [-0.4, -0.2) is 39.7 Å². The molecule has 0 aromatic carbocycles. The van der Waals surface area contributed by atoms with Crippen molar-refractivity contribution in [2.45, 2.75) is 31.0 Å². The van der Waals surface area contributed by atoms with E-state index in [2.05, 4.69) is 43.3 Å². The number of rotatable bonds is 4. The van der Waals surface area contributed by atoms with Gasteiger partial charge in [0.15, 0.2) is 0 Å². The molecule has 1 aliphatic carbocycles. The minimum atomic E-state index is -0.887. The molecule has 25 heavy (non-hydrogen) atoms. The lowest BCUT2D eigenvalue weighted by Gasteiger charge is -2.15. The molecule has 128 valence electrons. The smallest absolute Gasteiger partial charge is 0.137 e. The van der Waals surface area contributed by atoms with Gasteiger partial charge in [0.2, 0.25) is 0 Å². The highest BCUT2D eigenvalue weighted by molar-refractivity contribution is 5.62. The lowest BCUT2D eigenvalue weighted by molar-refractivity contribution is 0.342. The van der Waals surface area contributed by atoms with Crippen LogP contribution in [0.3, 0.4) is 0 Å². The Morgan fingerprint density at radius 2 is 2.08 bits per heavy atom. The molecule has 1 aliphatic heterocycles. The third-order valence-electron chi connectivity index (χ3n) is 5.06. The van der Waals surface area contributed by atoms with E-state index in [1.807, 2.05) is 24.4 Å². The van der Waals surface area contributed by atoms with E-state index in [0.717, 1.165) is 17.0 Å². The van der Waals surface area contributed by atoms with Crippen LogP contribution in [0.15, 0.2) is 42.7 Å². The molecular weight excluding hydrogens is 317 g/mol. The fourth-order valence-electron chi connectivity index (χ4n) is 3.48. The van der Waals surface area contributed by atoms with Crippen molar-refractivity contribution in [2.24, 2.45) is 0 Å². The molecule has 2 aliphatic rings. The van der Waals surface area contributed by atoms with Gasteiger partial charge in [0, 0.05) is 19.3 Å². The molecule has 1 saturated carbocycles. The van der Waals surface area contributed by atoms with Crippen LogP contribution in [0.2, 0.25) is 0 Å². The molecule has 0 bridgehead atoms. The summed E-state index contributed by atoms with van der Waals surface area (Å²) in [7, 11) is 0. The van der Waals surface area contributed by atoms with Gasteiger partial charge in [0.05, 0.1) is 23.6 Å². The molecule has 3 aromatic rings. The van der Waals surface area contributed by atoms with Crippen molar-refractivity contribution >= 4 is 11.5 Å². The average Bonchev–Trinajstić information content (AvgIpc) is 3.28. The molecule has 2 atom stereocenters. The number of pyridine rings is 2. The lowest BCUT2D eigenvalue weighted by atomic mass is 10.2. The van der Waals surface area contributed by atoms with Crippen molar-refractivity contribution < 1.29 is 4.39 Å². The number of hydrogen-bond donors (Lipinski definition) is 2. The Balaban J connectivity index is 1.49. The van der Waals surface area contributed by atoms with Crippen molar-refractivity contribution in [3.8, 4) is 11.4 Å². The van der Waals surface area contributed by atoms with Crippen LogP contribution in [0.5, 0.6) is 0 Å². The summed E-state index contributed by atoms with van der Waals surface area (Å²) in [5, 5.41) is 6.25. The first kappa shape index (κ1) is 14.8. The Morgan fingerprint density at radius 3 is 2.88 bits per heavy atom. The Bertz CT molecular complexity index is 917. The number of halogens is 1. The van der Waals surface area contributed by atoms with Gasteiger partial charge in [-0.3, -0.25) is 4.40 Å². The topological polar surface area (TPSA) is 54.2 Å². The SMILES string of the molecule is FC1CNCC1Nc1cccc(-c2cnc3ccc(C4CC4)cn23)n1. The molecule has 0 spiro atoms. The van der Waals surface area contributed by atoms with E-state index in [9.17, 15) is 4.39 Å². The minimum absolute atomic E-state index is 0.230. The van der Waals surface area contributed by atoms with Gasteiger partial charge in [-0.2, -0.15) is 0 Å². The van der Waals surface area contributed by atoms with Crippen molar-refractivity contribution in [3.63, 3.8) is 0 Å². The second-order valence-electron chi connectivity index (χ2n) is 6.94. The number of anilines is 1. The Labute approximate surface area is 145 Å². The third-order valence-corrected chi connectivity index (χ3v) is 5.06. The van der Waals surface area contributed by atoms with E-state index in [0.29, 0.717) is 24.8 Å². The minimum Gasteiger partial charge on any atom is -0.363 e. The molecule has 3 aromatic heterocycles. The quantitative estimate of drug-likeness (QED) is 0.768. The monoisotopic (exact) mass is 337 g/mol. The number of hydrogen-bond acceptors (Lipinski definition) is 4. The predicted octanol–water partition coefficient (Wildman–Crippen LogP) is 3.00. The summed E-state index contributed by atoms with van der Waals surface area (Å²) in [6.45, 7) is 1.02. The fourth-order valence-corrected chi connectivity index (χ4v) is 3.48. The van der Waals surface area contributed by atoms with Gasteiger partial charge in [0.25, 0.3) is 0 Å².